The summed E-state index contributed by atoms with van der Waals surface area (Å²) >= 11 is 0. The van der Waals surface area contributed by atoms with Gasteiger partial charge in [-0.05, 0) is 0 Å². The highest BCUT2D eigenvalue weighted by atomic mass is 31.2. The van der Waals surface area contributed by atoms with Gasteiger partial charge in [0.2, 0.25) is 11.6 Å². The Balaban J connectivity index is 1.95. The van der Waals surface area contributed by atoms with Gasteiger partial charge >= 0.3 is 7.60 Å². The number of fused-ring (bicyclic) bond motifs is 1. The molecule has 0 saturated heterocycles. The Labute approximate surface area is 112 Å². The van der Waals surface area contributed by atoms with Crippen molar-refractivity contribution in [2.45, 2.75) is 0 Å². The Kier molecular flexibility index (Phi) is 4.04. The van der Waals surface area contributed by atoms with Crippen LogP contribution in [0.5, 0.6) is 0 Å². The second-order valence-electron chi connectivity index (χ2n) is 3.74. The molecule has 2 aromatic heterocycles. The van der Waals surface area contributed by atoms with Crippen LogP contribution in [-0.2, 0) is 9.30 Å². The van der Waals surface area contributed by atoms with Crippen LogP contribution in [-0.4, -0.2) is 49.0 Å². The normalized spacial score (nSPS) is 11.9. The topological polar surface area (TPSA) is 172 Å². The van der Waals surface area contributed by atoms with Gasteiger partial charge in [0.25, 0.3) is 0 Å². The van der Waals surface area contributed by atoms with Crippen LogP contribution in [0.1, 0.15) is 0 Å². The highest BCUT2D eigenvalue weighted by molar-refractivity contribution is 7.51. The first kappa shape index (κ1) is 14.5. The predicted molar refractivity (Wildman–Crippen MR) is 68.5 cm³/mol. The third-order valence-electron chi connectivity index (χ3n) is 2.13. The fourth-order valence-electron chi connectivity index (χ4n) is 1.39. The van der Waals surface area contributed by atoms with Crippen LogP contribution in [0.4, 0.5) is 11.8 Å². The molecule has 0 radical (unpaired) electrons. The summed E-state index contributed by atoms with van der Waals surface area (Å²) in [5.41, 5.74) is 11.7. The van der Waals surface area contributed by atoms with Crippen molar-refractivity contribution in [3.05, 3.63) is 6.33 Å². The summed E-state index contributed by atoms with van der Waals surface area (Å²) in [7, 11) is -4.17. The quantitative estimate of drug-likeness (QED) is 0.366. The molecule has 2 rings (SSSR count). The summed E-state index contributed by atoms with van der Waals surface area (Å²) in [4.78, 5) is 34.1. The van der Waals surface area contributed by atoms with E-state index in [0.717, 1.165) is 0 Å². The SMILES string of the molecule is Nc1nc(N)c2ncn(OCCOCP(=O)(O)O)c2n1. The van der Waals surface area contributed by atoms with Gasteiger partial charge in [0, 0.05) is 0 Å². The van der Waals surface area contributed by atoms with E-state index in [4.69, 9.17) is 30.8 Å². The monoisotopic (exact) mass is 304 g/mol. The Hall–Kier alpha value is -1.94. The van der Waals surface area contributed by atoms with Crippen LogP contribution in [0.2, 0.25) is 0 Å². The first-order chi connectivity index (χ1) is 9.37. The van der Waals surface area contributed by atoms with Crippen molar-refractivity contribution < 1.29 is 23.9 Å². The third-order valence-corrected chi connectivity index (χ3v) is 2.65. The number of nitrogens with two attached hydrogens (primary N) is 2. The first-order valence-electron chi connectivity index (χ1n) is 5.38. The lowest BCUT2D eigenvalue weighted by molar-refractivity contribution is 0.0522. The zero-order chi connectivity index (χ0) is 14.8. The Morgan fingerprint density at radius 1 is 1.30 bits per heavy atom. The van der Waals surface area contributed by atoms with Gasteiger partial charge < -0.3 is 30.8 Å². The Morgan fingerprint density at radius 2 is 2.05 bits per heavy atom. The average molecular weight is 304 g/mol. The van der Waals surface area contributed by atoms with Crippen LogP contribution in [0, 0.1) is 0 Å². The van der Waals surface area contributed by atoms with Crippen LogP contribution in [0.25, 0.3) is 11.2 Å². The van der Waals surface area contributed by atoms with Crippen molar-refractivity contribution >= 4 is 30.5 Å². The second kappa shape index (κ2) is 5.59. The van der Waals surface area contributed by atoms with Gasteiger partial charge in [0.15, 0.2) is 11.3 Å². The van der Waals surface area contributed by atoms with Gasteiger partial charge in [-0.3, -0.25) is 4.57 Å². The summed E-state index contributed by atoms with van der Waals surface area (Å²) in [6, 6.07) is 0. The van der Waals surface area contributed by atoms with E-state index in [1.165, 1.54) is 11.1 Å². The van der Waals surface area contributed by atoms with Crippen molar-refractivity contribution in [2.24, 2.45) is 0 Å². The molecule has 0 fully saturated rings. The predicted octanol–water partition coefficient (Wildman–Crippen LogP) is -1.43. The number of aromatic nitrogens is 4. The molecule has 0 aliphatic rings. The molecule has 110 valence electrons. The number of rotatable bonds is 6. The summed E-state index contributed by atoms with van der Waals surface area (Å²) in [6.07, 6.45) is 0.668. The number of anilines is 2. The Morgan fingerprint density at radius 3 is 2.75 bits per heavy atom. The molecular formula is C8H13N6O5P. The molecule has 0 aliphatic heterocycles. The highest BCUT2D eigenvalue weighted by Gasteiger charge is 2.13. The molecule has 12 heteroatoms. The third kappa shape index (κ3) is 3.54. The molecule has 6 N–H and O–H groups in total. The summed E-state index contributed by atoms with van der Waals surface area (Å²) in [6.45, 7) is 0.0239. The molecule has 0 aromatic carbocycles. The fraction of sp³-hybridized carbons (Fsp3) is 0.375. The van der Waals surface area contributed by atoms with Gasteiger partial charge in [-0.1, -0.05) is 0 Å². The van der Waals surface area contributed by atoms with Crippen LogP contribution in [0.15, 0.2) is 6.33 Å². The minimum Gasteiger partial charge on any atom is -0.408 e. The molecule has 0 spiro atoms. The van der Waals surface area contributed by atoms with Gasteiger partial charge in [-0.15, -0.1) is 0 Å². The van der Waals surface area contributed by atoms with Crippen LogP contribution >= 0.6 is 7.60 Å². The minimum absolute atomic E-state index is 0.0131. The van der Waals surface area contributed by atoms with Crippen LogP contribution < -0.4 is 16.3 Å². The maximum absolute atomic E-state index is 10.5. The summed E-state index contributed by atoms with van der Waals surface area (Å²) in [5.74, 6) is 0.116. The minimum atomic E-state index is -4.17. The van der Waals surface area contributed by atoms with Crippen molar-refractivity contribution in [3.63, 3.8) is 0 Å². The van der Waals surface area contributed by atoms with Gasteiger partial charge in [0.1, 0.15) is 19.3 Å². The second-order valence-corrected chi connectivity index (χ2v) is 5.33. The van der Waals surface area contributed by atoms with E-state index in [1.54, 1.807) is 0 Å². The van der Waals surface area contributed by atoms with Gasteiger partial charge in [0.05, 0.1) is 6.61 Å². The molecule has 0 aliphatic carbocycles. The largest absolute Gasteiger partial charge is 0.408 e. The molecule has 0 unspecified atom stereocenters. The van der Waals surface area contributed by atoms with Crippen molar-refractivity contribution in [3.8, 4) is 0 Å². The number of hydrogen-bond donors (Lipinski definition) is 4. The van der Waals surface area contributed by atoms with Gasteiger partial charge in [-0.25, -0.2) is 4.98 Å². The summed E-state index contributed by atoms with van der Waals surface area (Å²) < 4.78 is 16.5. The molecule has 2 aromatic rings. The standard InChI is InChI=1S/C8H13N6O5P/c9-6-5-7(13-8(10)12-6)14(3-11-5)19-2-1-18-4-20(15,16)17/h3H,1-2,4H2,(H2,15,16,17)(H4,9,10,12,13). The van der Waals surface area contributed by atoms with E-state index in [1.807, 2.05) is 0 Å². The molecule has 0 amide bonds. The number of hydrogen-bond acceptors (Lipinski definition) is 8. The van der Waals surface area contributed by atoms with Crippen molar-refractivity contribution in [1.82, 2.24) is 19.7 Å². The number of imidazole rings is 1. The molecule has 0 saturated carbocycles. The Bertz CT molecular complexity index is 654. The van der Waals surface area contributed by atoms with E-state index in [9.17, 15) is 4.57 Å². The lowest BCUT2D eigenvalue weighted by atomic mass is 10.5. The molecule has 2 heterocycles. The van der Waals surface area contributed by atoms with Crippen molar-refractivity contribution in [2.75, 3.05) is 31.0 Å². The van der Waals surface area contributed by atoms with Crippen molar-refractivity contribution in [1.29, 1.82) is 0 Å². The van der Waals surface area contributed by atoms with E-state index < -0.39 is 13.9 Å². The number of nitrogen functional groups attached to an aromatic ring is 2. The average Bonchev–Trinajstić information content (AvgIpc) is 2.70. The lowest BCUT2D eigenvalue weighted by Gasteiger charge is -2.08. The summed E-state index contributed by atoms with van der Waals surface area (Å²) in [5, 5.41) is 0. The maximum Gasteiger partial charge on any atom is 0.350 e. The molecular weight excluding hydrogens is 291 g/mol. The molecule has 11 nitrogen and oxygen atoms in total. The fourth-order valence-corrected chi connectivity index (χ4v) is 1.76. The molecule has 0 bridgehead atoms. The zero-order valence-electron chi connectivity index (χ0n) is 10.2. The number of nitrogens with zero attached hydrogens (tertiary/aromatic N) is 4. The molecule has 20 heavy (non-hydrogen) atoms. The maximum atomic E-state index is 10.5. The van der Waals surface area contributed by atoms with Crippen LogP contribution in [0.3, 0.4) is 0 Å². The van der Waals surface area contributed by atoms with E-state index >= 15 is 0 Å². The lowest BCUT2D eigenvalue weighted by Crippen LogP contribution is -2.17. The molecule has 0 atom stereocenters. The zero-order valence-corrected chi connectivity index (χ0v) is 11.1. The highest BCUT2D eigenvalue weighted by Crippen LogP contribution is 2.33. The van der Waals surface area contributed by atoms with Gasteiger partial charge in [-0.2, -0.15) is 14.7 Å². The van der Waals surface area contributed by atoms with E-state index in [2.05, 4.69) is 15.0 Å². The smallest absolute Gasteiger partial charge is 0.350 e. The van der Waals surface area contributed by atoms with E-state index in [0.29, 0.717) is 11.2 Å². The van der Waals surface area contributed by atoms with E-state index in [-0.39, 0.29) is 25.0 Å². The number of ether oxygens (including phenoxy) is 1. The first-order valence-corrected chi connectivity index (χ1v) is 7.18.